The van der Waals surface area contributed by atoms with Crippen LogP contribution < -0.4 is 10.2 Å². The van der Waals surface area contributed by atoms with Gasteiger partial charge in [0.2, 0.25) is 0 Å². The maximum Gasteiger partial charge on any atom is 0.128 e. The summed E-state index contributed by atoms with van der Waals surface area (Å²) in [6.07, 6.45) is 1.12. The minimum atomic E-state index is -0.118. The number of nitrogens with one attached hydrogen (secondary N) is 1. The SMILES string of the molecule is Cc1ccc(N2CCCNC2)cc1F. The fraction of sp³-hybridized carbons (Fsp3) is 0.455. The monoisotopic (exact) mass is 194 g/mol. The van der Waals surface area contributed by atoms with Gasteiger partial charge in [-0.2, -0.15) is 0 Å². The molecule has 1 aromatic carbocycles. The average molecular weight is 194 g/mol. The van der Waals surface area contributed by atoms with E-state index >= 15 is 0 Å². The predicted octanol–water partition coefficient (Wildman–Crippen LogP) is 1.89. The van der Waals surface area contributed by atoms with E-state index in [2.05, 4.69) is 10.2 Å². The molecule has 1 saturated heterocycles. The molecule has 2 rings (SSSR count). The first-order valence-corrected chi connectivity index (χ1v) is 4.99. The molecule has 0 radical (unpaired) electrons. The molecule has 0 atom stereocenters. The third-order valence-electron chi connectivity index (χ3n) is 2.60. The zero-order valence-corrected chi connectivity index (χ0v) is 8.39. The van der Waals surface area contributed by atoms with E-state index in [0.29, 0.717) is 5.56 Å². The molecule has 76 valence electrons. The largest absolute Gasteiger partial charge is 0.359 e. The molecule has 1 aliphatic rings. The summed E-state index contributed by atoms with van der Waals surface area (Å²) in [5.41, 5.74) is 1.68. The van der Waals surface area contributed by atoms with Crippen molar-refractivity contribution in [3.8, 4) is 0 Å². The fourth-order valence-corrected chi connectivity index (χ4v) is 1.69. The summed E-state index contributed by atoms with van der Waals surface area (Å²) in [5.74, 6) is -0.118. The number of hydrogen-bond acceptors (Lipinski definition) is 2. The number of halogens is 1. The second-order valence-electron chi connectivity index (χ2n) is 3.71. The van der Waals surface area contributed by atoms with Gasteiger partial charge in [0.1, 0.15) is 5.82 Å². The molecular weight excluding hydrogens is 179 g/mol. The molecule has 1 aromatic rings. The van der Waals surface area contributed by atoms with E-state index in [9.17, 15) is 4.39 Å². The molecule has 0 unspecified atom stereocenters. The van der Waals surface area contributed by atoms with E-state index in [4.69, 9.17) is 0 Å². The average Bonchev–Trinajstić information content (AvgIpc) is 2.23. The van der Waals surface area contributed by atoms with Crippen molar-refractivity contribution in [2.45, 2.75) is 13.3 Å². The Bertz CT molecular complexity index is 319. The topological polar surface area (TPSA) is 15.3 Å². The Morgan fingerprint density at radius 1 is 1.43 bits per heavy atom. The quantitative estimate of drug-likeness (QED) is 0.734. The molecule has 2 nitrogen and oxygen atoms in total. The number of aryl methyl sites for hydroxylation is 1. The zero-order chi connectivity index (χ0) is 9.97. The summed E-state index contributed by atoms with van der Waals surface area (Å²) >= 11 is 0. The van der Waals surface area contributed by atoms with Gasteiger partial charge in [-0.1, -0.05) is 6.07 Å². The summed E-state index contributed by atoms with van der Waals surface area (Å²) in [5, 5.41) is 3.27. The van der Waals surface area contributed by atoms with E-state index in [1.165, 1.54) is 0 Å². The third-order valence-corrected chi connectivity index (χ3v) is 2.60. The second-order valence-corrected chi connectivity index (χ2v) is 3.71. The van der Waals surface area contributed by atoms with Gasteiger partial charge in [-0.15, -0.1) is 0 Å². The van der Waals surface area contributed by atoms with Crippen molar-refractivity contribution in [3.05, 3.63) is 29.6 Å². The van der Waals surface area contributed by atoms with Crippen molar-refractivity contribution in [2.24, 2.45) is 0 Å². The molecule has 1 N–H and O–H groups in total. The van der Waals surface area contributed by atoms with E-state index in [-0.39, 0.29) is 5.82 Å². The van der Waals surface area contributed by atoms with Crippen LogP contribution in [0.5, 0.6) is 0 Å². The predicted molar refractivity (Wildman–Crippen MR) is 56.0 cm³/mol. The first-order chi connectivity index (χ1) is 6.77. The first kappa shape index (κ1) is 9.46. The molecule has 0 amide bonds. The Kier molecular flexibility index (Phi) is 2.68. The smallest absolute Gasteiger partial charge is 0.128 e. The second kappa shape index (κ2) is 3.96. The Balaban J connectivity index is 2.18. The van der Waals surface area contributed by atoms with Crippen molar-refractivity contribution in [1.82, 2.24) is 5.32 Å². The van der Waals surface area contributed by atoms with Gasteiger partial charge in [0.05, 0.1) is 6.67 Å². The summed E-state index contributed by atoms with van der Waals surface area (Å²) < 4.78 is 13.3. The number of nitrogens with zero attached hydrogens (tertiary/aromatic N) is 1. The van der Waals surface area contributed by atoms with Gasteiger partial charge >= 0.3 is 0 Å². The van der Waals surface area contributed by atoms with Crippen LogP contribution in [0.1, 0.15) is 12.0 Å². The van der Waals surface area contributed by atoms with Gasteiger partial charge < -0.3 is 4.90 Å². The lowest BCUT2D eigenvalue weighted by atomic mass is 10.2. The molecule has 1 aliphatic heterocycles. The van der Waals surface area contributed by atoms with E-state index in [0.717, 1.165) is 31.9 Å². The van der Waals surface area contributed by atoms with Gasteiger partial charge in [-0.3, -0.25) is 5.32 Å². The maximum absolute atomic E-state index is 13.3. The molecule has 1 fully saturated rings. The van der Waals surface area contributed by atoms with E-state index in [1.807, 2.05) is 12.1 Å². The summed E-state index contributed by atoms with van der Waals surface area (Å²) in [6, 6.07) is 5.42. The molecule has 0 bridgehead atoms. The van der Waals surface area contributed by atoms with Crippen LogP contribution in [0.2, 0.25) is 0 Å². The minimum absolute atomic E-state index is 0.118. The molecule has 1 heterocycles. The lowest BCUT2D eigenvalue weighted by molar-refractivity contribution is 0.550. The Hall–Kier alpha value is -1.09. The minimum Gasteiger partial charge on any atom is -0.359 e. The van der Waals surface area contributed by atoms with Crippen LogP contribution in [0.3, 0.4) is 0 Å². The zero-order valence-electron chi connectivity index (χ0n) is 8.39. The summed E-state index contributed by atoms with van der Waals surface area (Å²) in [7, 11) is 0. The highest BCUT2D eigenvalue weighted by Gasteiger charge is 2.11. The Morgan fingerprint density at radius 2 is 2.29 bits per heavy atom. The van der Waals surface area contributed by atoms with Crippen LogP contribution in [0.4, 0.5) is 10.1 Å². The molecule has 0 saturated carbocycles. The van der Waals surface area contributed by atoms with Crippen molar-refractivity contribution in [1.29, 1.82) is 0 Å². The van der Waals surface area contributed by atoms with Crippen LogP contribution in [-0.2, 0) is 0 Å². The third kappa shape index (κ3) is 1.87. The number of anilines is 1. The molecular formula is C11H15FN2. The Morgan fingerprint density at radius 3 is 2.93 bits per heavy atom. The van der Waals surface area contributed by atoms with Crippen LogP contribution in [0.15, 0.2) is 18.2 Å². The summed E-state index contributed by atoms with van der Waals surface area (Å²) in [6.45, 7) is 4.68. The van der Waals surface area contributed by atoms with Crippen molar-refractivity contribution in [3.63, 3.8) is 0 Å². The number of rotatable bonds is 1. The normalized spacial score (nSPS) is 17.1. The van der Waals surface area contributed by atoms with Crippen molar-refractivity contribution < 1.29 is 4.39 Å². The fourth-order valence-electron chi connectivity index (χ4n) is 1.69. The van der Waals surface area contributed by atoms with Gasteiger partial charge in [0.15, 0.2) is 0 Å². The van der Waals surface area contributed by atoms with Crippen LogP contribution in [-0.4, -0.2) is 19.8 Å². The van der Waals surface area contributed by atoms with Gasteiger partial charge in [-0.05, 0) is 37.6 Å². The van der Waals surface area contributed by atoms with Crippen LogP contribution in [0, 0.1) is 12.7 Å². The molecule has 0 spiro atoms. The highest BCUT2D eigenvalue weighted by atomic mass is 19.1. The summed E-state index contributed by atoms with van der Waals surface area (Å²) in [4.78, 5) is 2.16. The van der Waals surface area contributed by atoms with Crippen molar-refractivity contribution >= 4 is 5.69 Å². The first-order valence-electron chi connectivity index (χ1n) is 4.99. The Labute approximate surface area is 83.7 Å². The van der Waals surface area contributed by atoms with Crippen LogP contribution in [0.25, 0.3) is 0 Å². The van der Waals surface area contributed by atoms with Gasteiger partial charge in [0, 0.05) is 12.2 Å². The molecule has 0 aliphatic carbocycles. The van der Waals surface area contributed by atoms with Crippen LogP contribution >= 0.6 is 0 Å². The molecule has 3 heteroatoms. The number of benzene rings is 1. The highest BCUT2D eigenvalue weighted by molar-refractivity contribution is 5.48. The lowest BCUT2D eigenvalue weighted by Gasteiger charge is -2.29. The van der Waals surface area contributed by atoms with E-state index in [1.54, 1.807) is 13.0 Å². The molecule has 14 heavy (non-hydrogen) atoms. The maximum atomic E-state index is 13.3. The highest BCUT2D eigenvalue weighted by Crippen LogP contribution is 2.18. The standard InChI is InChI=1S/C11H15FN2/c1-9-3-4-10(7-11(9)12)14-6-2-5-13-8-14/h3-4,7,13H,2,5-6,8H2,1H3. The van der Waals surface area contributed by atoms with Gasteiger partial charge in [0.25, 0.3) is 0 Å². The van der Waals surface area contributed by atoms with E-state index < -0.39 is 0 Å². The lowest BCUT2D eigenvalue weighted by Crippen LogP contribution is -2.41. The number of hydrogen-bond donors (Lipinski definition) is 1. The molecule has 0 aromatic heterocycles. The van der Waals surface area contributed by atoms with Gasteiger partial charge in [-0.25, -0.2) is 4.39 Å². The van der Waals surface area contributed by atoms with Crippen molar-refractivity contribution in [2.75, 3.05) is 24.7 Å².